The molecule has 0 aliphatic carbocycles. The zero-order chi connectivity index (χ0) is 5.98. The lowest BCUT2D eigenvalue weighted by atomic mass is 10.2. The fraction of sp³-hybridized carbons (Fsp3) is 1.00. The van der Waals surface area contributed by atoms with E-state index in [9.17, 15) is 0 Å². The molecule has 1 atom stereocenters. The van der Waals surface area contributed by atoms with Crippen molar-refractivity contribution >= 4 is 0 Å². The largest absolute Gasteiger partial charge is 0.330 e. The van der Waals surface area contributed by atoms with Gasteiger partial charge in [-0.25, -0.2) is 0 Å². The molecule has 1 unspecified atom stereocenters. The predicted molar refractivity (Wildman–Crippen MR) is 34.7 cm³/mol. The quantitative estimate of drug-likeness (QED) is 0.519. The second kappa shape index (κ2) is 2.46. The Morgan fingerprint density at radius 3 is 2.62 bits per heavy atom. The minimum Gasteiger partial charge on any atom is -0.330 e. The molecule has 8 heavy (non-hydrogen) atoms. The zero-order valence-corrected chi connectivity index (χ0v) is 5.43. The van der Waals surface area contributed by atoms with Crippen LogP contribution in [0.4, 0.5) is 0 Å². The minimum atomic E-state index is 0.692. The van der Waals surface area contributed by atoms with Crippen LogP contribution in [0.5, 0.6) is 0 Å². The Labute approximate surface area is 50.7 Å². The van der Waals surface area contributed by atoms with Crippen molar-refractivity contribution in [1.29, 1.82) is 0 Å². The van der Waals surface area contributed by atoms with Gasteiger partial charge in [0.2, 0.25) is 0 Å². The molecule has 0 spiro atoms. The topological polar surface area (TPSA) is 29.0 Å². The van der Waals surface area contributed by atoms with E-state index in [0.29, 0.717) is 5.92 Å². The van der Waals surface area contributed by atoms with Crippen molar-refractivity contribution < 1.29 is 0 Å². The van der Waals surface area contributed by atoms with E-state index in [1.54, 1.807) is 0 Å². The summed E-state index contributed by atoms with van der Waals surface area (Å²) in [5.41, 5.74) is 5.42. The molecular weight excluding hydrogens is 100 g/mol. The molecular formula is C6H14N2. The number of nitrogens with two attached hydrogens (primary N) is 1. The van der Waals surface area contributed by atoms with Crippen LogP contribution < -0.4 is 5.73 Å². The first kappa shape index (κ1) is 6.05. The molecule has 0 aromatic rings. The van der Waals surface area contributed by atoms with Crippen molar-refractivity contribution in [2.24, 2.45) is 11.7 Å². The van der Waals surface area contributed by atoms with Gasteiger partial charge in [-0.15, -0.1) is 0 Å². The van der Waals surface area contributed by atoms with Crippen molar-refractivity contribution in [2.45, 2.75) is 6.92 Å². The van der Waals surface area contributed by atoms with Crippen LogP contribution in [0.15, 0.2) is 0 Å². The van der Waals surface area contributed by atoms with Gasteiger partial charge in [0.1, 0.15) is 0 Å². The highest BCUT2D eigenvalue weighted by molar-refractivity contribution is 4.74. The SMILES string of the molecule is CC(CN)CN1CC1. The standard InChI is InChI=1S/C6H14N2/c1-6(4-7)5-8-2-3-8/h6H,2-5,7H2,1H3. The molecule has 1 aliphatic heterocycles. The Hall–Kier alpha value is -0.0800. The van der Waals surface area contributed by atoms with E-state index >= 15 is 0 Å². The summed E-state index contributed by atoms with van der Waals surface area (Å²) in [5.74, 6) is 0.692. The number of rotatable bonds is 3. The van der Waals surface area contributed by atoms with Gasteiger partial charge in [0, 0.05) is 19.6 Å². The van der Waals surface area contributed by atoms with E-state index in [1.165, 1.54) is 19.6 Å². The summed E-state index contributed by atoms with van der Waals surface area (Å²) in [4.78, 5) is 2.40. The molecule has 1 saturated heterocycles. The van der Waals surface area contributed by atoms with E-state index in [-0.39, 0.29) is 0 Å². The number of nitrogens with zero attached hydrogens (tertiary/aromatic N) is 1. The highest BCUT2D eigenvalue weighted by Crippen LogP contribution is 2.06. The lowest BCUT2D eigenvalue weighted by molar-refractivity contribution is 0.440. The smallest absolute Gasteiger partial charge is 0.0110 e. The summed E-state index contributed by atoms with van der Waals surface area (Å²) in [7, 11) is 0. The molecule has 0 saturated carbocycles. The van der Waals surface area contributed by atoms with Gasteiger partial charge in [0.25, 0.3) is 0 Å². The number of hydrogen-bond donors (Lipinski definition) is 1. The molecule has 1 rings (SSSR count). The molecule has 1 heterocycles. The van der Waals surface area contributed by atoms with Crippen LogP contribution in [-0.4, -0.2) is 31.1 Å². The Morgan fingerprint density at radius 1 is 1.62 bits per heavy atom. The summed E-state index contributed by atoms with van der Waals surface area (Å²) in [6, 6.07) is 0. The van der Waals surface area contributed by atoms with Gasteiger partial charge >= 0.3 is 0 Å². The van der Waals surface area contributed by atoms with Crippen molar-refractivity contribution in [3.63, 3.8) is 0 Å². The summed E-state index contributed by atoms with van der Waals surface area (Å²) >= 11 is 0. The third kappa shape index (κ3) is 1.80. The first-order chi connectivity index (χ1) is 3.83. The Kier molecular flexibility index (Phi) is 1.86. The molecule has 0 aromatic heterocycles. The third-order valence-corrected chi connectivity index (χ3v) is 1.51. The molecule has 48 valence electrons. The van der Waals surface area contributed by atoms with Crippen molar-refractivity contribution in [3.8, 4) is 0 Å². The summed E-state index contributed by atoms with van der Waals surface area (Å²) in [5, 5.41) is 0. The van der Waals surface area contributed by atoms with Crippen molar-refractivity contribution in [2.75, 3.05) is 26.2 Å². The Morgan fingerprint density at radius 2 is 2.25 bits per heavy atom. The molecule has 0 bridgehead atoms. The average molecular weight is 114 g/mol. The Balaban J connectivity index is 1.98. The second-order valence-electron chi connectivity index (χ2n) is 2.64. The van der Waals surface area contributed by atoms with Gasteiger partial charge in [-0.2, -0.15) is 0 Å². The Bertz CT molecular complexity index is 68.9. The maximum absolute atomic E-state index is 5.42. The van der Waals surface area contributed by atoms with Crippen molar-refractivity contribution in [3.05, 3.63) is 0 Å². The van der Waals surface area contributed by atoms with Gasteiger partial charge < -0.3 is 10.6 Å². The molecule has 2 nitrogen and oxygen atoms in total. The fourth-order valence-corrected chi connectivity index (χ4v) is 0.769. The first-order valence-corrected chi connectivity index (χ1v) is 3.25. The fourth-order valence-electron chi connectivity index (χ4n) is 0.769. The molecule has 2 heteroatoms. The summed E-state index contributed by atoms with van der Waals surface area (Å²) in [6.45, 7) is 6.82. The van der Waals surface area contributed by atoms with Crippen LogP contribution in [0.2, 0.25) is 0 Å². The van der Waals surface area contributed by atoms with Crippen LogP contribution in [0.1, 0.15) is 6.92 Å². The summed E-state index contributed by atoms with van der Waals surface area (Å²) < 4.78 is 0. The third-order valence-electron chi connectivity index (χ3n) is 1.51. The van der Waals surface area contributed by atoms with E-state index in [4.69, 9.17) is 5.73 Å². The maximum Gasteiger partial charge on any atom is 0.0110 e. The molecule has 2 N–H and O–H groups in total. The average Bonchev–Trinajstić information content (AvgIpc) is 2.50. The molecule has 0 aromatic carbocycles. The minimum absolute atomic E-state index is 0.692. The van der Waals surface area contributed by atoms with Crippen LogP contribution in [0.25, 0.3) is 0 Å². The molecule has 0 radical (unpaired) electrons. The van der Waals surface area contributed by atoms with E-state index in [1.807, 2.05) is 0 Å². The normalized spacial score (nSPS) is 23.2. The second-order valence-corrected chi connectivity index (χ2v) is 2.64. The lowest BCUT2D eigenvalue weighted by Gasteiger charge is -2.06. The van der Waals surface area contributed by atoms with Gasteiger partial charge in [-0.3, -0.25) is 0 Å². The van der Waals surface area contributed by atoms with Crippen LogP contribution in [0, 0.1) is 5.92 Å². The van der Waals surface area contributed by atoms with Gasteiger partial charge in [-0.1, -0.05) is 6.92 Å². The molecule has 1 aliphatic rings. The first-order valence-electron chi connectivity index (χ1n) is 3.25. The maximum atomic E-state index is 5.42. The zero-order valence-electron chi connectivity index (χ0n) is 5.43. The monoisotopic (exact) mass is 114 g/mol. The van der Waals surface area contributed by atoms with Gasteiger partial charge in [-0.05, 0) is 12.5 Å². The van der Waals surface area contributed by atoms with Gasteiger partial charge in [0.15, 0.2) is 0 Å². The van der Waals surface area contributed by atoms with Crippen LogP contribution in [0.3, 0.4) is 0 Å². The summed E-state index contributed by atoms with van der Waals surface area (Å²) in [6.07, 6.45) is 0. The van der Waals surface area contributed by atoms with E-state index < -0.39 is 0 Å². The van der Waals surface area contributed by atoms with Crippen LogP contribution >= 0.6 is 0 Å². The molecule has 0 amide bonds. The van der Waals surface area contributed by atoms with Crippen LogP contribution in [-0.2, 0) is 0 Å². The lowest BCUT2D eigenvalue weighted by Crippen LogP contribution is -2.19. The van der Waals surface area contributed by atoms with E-state index in [0.717, 1.165) is 6.54 Å². The number of hydrogen-bond acceptors (Lipinski definition) is 2. The van der Waals surface area contributed by atoms with Gasteiger partial charge in [0.05, 0.1) is 0 Å². The predicted octanol–water partition coefficient (Wildman–Crippen LogP) is -0.103. The van der Waals surface area contributed by atoms with Crippen molar-refractivity contribution in [1.82, 2.24) is 4.90 Å². The highest BCUT2D eigenvalue weighted by Gasteiger charge is 2.18. The van der Waals surface area contributed by atoms with E-state index in [2.05, 4.69) is 11.8 Å². The highest BCUT2D eigenvalue weighted by atomic mass is 15.3. The molecule has 1 fully saturated rings.